The van der Waals surface area contributed by atoms with Gasteiger partial charge in [0.05, 0.1) is 5.03 Å². The molecule has 0 fully saturated rings. The molecule has 0 amide bonds. The number of thioether (sulfide) groups is 1. The maximum Gasteiger partial charge on any atom is 0.290 e. The third kappa shape index (κ3) is 4.41. The van der Waals surface area contributed by atoms with E-state index in [-0.39, 0.29) is 6.42 Å². The lowest BCUT2D eigenvalue weighted by Crippen LogP contribution is -2.35. The van der Waals surface area contributed by atoms with E-state index in [2.05, 4.69) is 4.98 Å². The average Bonchev–Trinajstić information content (AvgIpc) is 2.29. The topological polar surface area (TPSA) is 12.9 Å². The van der Waals surface area contributed by atoms with Crippen molar-refractivity contribution in [1.82, 2.24) is 4.98 Å². The Balaban J connectivity index is 2.72. The smallest absolute Gasteiger partial charge is 0.250 e. The van der Waals surface area contributed by atoms with Gasteiger partial charge in [0.25, 0.3) is 5.92 Å². The number of aromatic nitrogens is 1. The van der Waals surface area contributed by atoms with Crippen molar-refractivity contribution in [3.05, 3.63) is 36.5 Å². The molecule has 0 aromatic carbocycles. The fraction of sp³-hybridized carbons (Fsp3) is 0.417. The molecule has 0 unspecified atom stereocenters. The minimum absolute atomic E-state index is 0.230. The number of allylic oxidation sites excluding steroid dienone is 2. The van der Waals surface area contributed by atoms with E-state index in [1.165, 1.54) is 6.20 Å². The van der Waals surface area contributed by atoms with Crippen LogP contribution in [0.15, 0.2) is 41.6 Å². The van der Waals surface area contributed by atoms with E-state index in [9.17, 15) is 8.78 Å². The zero-order chi connectivity index (χ0) is 13.6. The Labute approximate surface area is 120 Å². The predicted octanol–water partition coefficient (Wildman–Crippen LogP) is 5.30. The van der Waals surface area contributed by atoms with Gasteiger partial charge in [-0.05, 0) is 25.5 Å². The van der Waals surface area contributed by atoms with Crippen LogP contribution in [0.4, 0.5) is 8.78 Å². The molecule has 0 N–H and O–H groups in total. The Kier molecular flexibility index (Phi) is 5.89. The van der Waals surface area contributed by atoms with Gasteiger partial charge < -0.3 is 0 Å². The molecule has 1 rings (SSSR count). The molecule has 0 saturated carbocycles. The minimum atomic E-state index is -3.20. The number of hydrogen-bond donors (Lipinski definition) is 0. The van der Waals surface area contributed by atoms with Crippen molar-refractivity contribution in [1.29, 1.82) is 0 Å². The summed E-state index contributed by atoms with van der Waals surface area (Å²) in [7, 11) is 0. The summed E-state index contributed by atoms with van der Waals surface area (Å²) >= 11 is 12.2. The molecule has 6 heteroatoms. The van der Waals surface area contributed by atoms with Crippen LogP contribution < -0.4 is 0 Å². The van der Waals surface area contributed by atoms with E-state index >= 15 is 0 Å². The van der Waals surface area contributed by atoms with Crippen LogP contribution in [0, 0.1) is 0 Å². The van der Waals surface area contributed by atoms with Gasteiger partial charge in [0.2, 0.25) is 3.67 Å². The second-order valence-electron chi connectivity index (χ2n) is 3.60. The van der Waals surface area contributed by atoms with Crippen LogP contribution in [0.1, 0.15) is 19.8 Å². The summed E-state index contributed by atoms with van der Waals surface area (Å²) in [6.45, 7) is 1.77. The zero-order valence-electron chi connectivity index (χ0n) is 9.75. The van der Waals surface area contributed by atoms with Gasteiger partial charge in [-0.3, -0.25) is 0 Å². The Morgan fingerprint density at radius 2 is 2.11 bits per heavy atom. The van der Waals surface area contributed by atoms with E-state index in [1.807, 2.05) is 0 Å². The highest BCUT2D eigenvalue weighted by Gasteiger charge is 2.52. The molecule has 0 aliphatic carbocycles. The summed E-state index contributed by atoms with van der Waals surface area (Å²) < 4.78 is 25.5. The molecule has 0 atom stereocenters. The number of pyridine rings is 1. The van der Waals surface area contributed by atoms with Crippen molar-refractivity contribution < 1.29 is 8.78 Å². The molecule has 0 aliphatic rings. The predicted molar refractivity (Wildman–Crippen MR) is 73.5 cm³/mol. The third-order valence-corrected chi connectivity index (χ3v) is 4.18. The molecule has 1 aromatic heterocycles. The minimum Gasteiger partial charge on any atom is -0.250 e. The van der Waals surface area contributed by atoms with Crippen LogP contribution in [-0.2, 0) is 0 Å². The largest absolute Gasteiger partial charge is 0.290 e. The van der Waals surface area contributed by atoms with Crippen molar-refractivity contribution in [2.75, 3.05) is 0 Å². The van der Waals surface area contributed by atoms with Crippen molar-refractivity contribution in [2.24, 2.45) is 0 Å². The number of alkyl halides is 4. The molecule has 0 saturated heterocycles. The third-order valence-electron chi connectivity index (χ3n) is 2.16. The van der Waals surface area contributed by atoms with Gasteiger partial charge in [-0.15, -0.1) is 0 Å². The maximum absolute atomic E-state index is 13.9. The van der Waals surface area contributed by atoms with E-state index in [4.69, 9.17) is 23.2 Å². The van der Waals surface area contributed by atoms with Gasteiger partial charge in [-0.1, -0.05) is 53.2 Å². The van der Waals surface area contributed by atoms with Crippen molar-refractivity contribution in [2.45, 2.75) is 34.4 Å². The molecule has 0 aliphatic heterocycles. The summed E-state index contributed by atoms with van der Waals surface area (Å²) in [6, 6.07) is 4.97. The lowest BCUT2D eigenvalue weighted by molar-refractivity contribution is -0.000644. The molecule has 100 valence electrons. The lowest BCUT2D eigenvalue weighted by Gasteiger charge is -2.28. The van der Waals surface area contributed by atoms with Gasteiger partial charge in [-0.25, -0.2) is 13.8 Å². The van der Waals surface area contributed by atoms with Gasteiger partial charge >= 0.3 is 0 Å². The van der Waals surface area contributed by atoms with Crippen LogP contribution in [0.25, 0.3) is 0 Å². The molecule has 1 nitrogen and oxygen atoms in total. The number of halogens is 4. The Bertz CT molecular complexity index is 396. The molecule has 1 aromatic rings. The first-order chi connectivity index (χ1) is 8.39. The normalized spacial score (nSPS) is 13.2. The first-order valence-corrected chi connectivity index (χ1v) is 6.93. The Morgan fingerprint density at radius 1 is 1.39 bits per heavy atom. The lowest BCUT2D eigenvalue weighted by atomic mass is 10.2. The molecular weight excluding hydrogens is 299 g/mol. The van der Waals surface area contributed by atoms with Crippen LogP contribution in [0.3, 0.4) is 0 Å². The highest BCUT2D eigenvalue weighted by atomic mass is 35.5. The Morgan fingerprint density at radius 3 is 2.67 bits per heavy atom. The van der Waals surface area contributed by atoms with E-state index < -0.39 is 16.0 Å². The molecule has 0 spiro atoms. The van der Waals surface area contributed by atoms with Crippen molar-refractivity contribution in [3.8, 4) is 0 Å². The number of hydrogen-bond acceptors (Lipinski definition) is 2. The standard InChI is InChI=1S/C12H13Cl2F2NS/c1-2-3-5-8-11(15,16)12(13,14)18-10-7-4-6-9-17-10/h2-4,6-7,9H,5,8H2,1H3/b3-2+. The summed E-state index contributed by atoms with van der Waals surface area (Å²) in [5, 5.41) is 0.369. The zero-order valence-corrected chi connectivity index (χ0v) is 12.1. The molecule has 0 bridgehead atoms. The summed E-state index contributed by atoms with van der Waals surface area (Å²) in [5.74, 6) is -3.20. The highest BCUT2D eigenvalue weighted by Crippen LogP contribution is 2.51. The summed E-state index contributed by atoms with van der Waals surface area (Å²) in [4.78, 5) is 3.92. The second kappa shape index (κ2) is 6.73. The quantitative estimate of drug-likeness (QED) is 0.402. The van der Waals surface area contributed by atoms with Crippen molar-refractivity contribution in [3.63, 3.8) is 0 Å². The molecular formula is C12H13Cl2F2NS. The fourth-order valence-corrected chi connectivity index (χ4v) is 2.63. The van der Waals surface area contributed by atoms with Crippen molar-refractivity contribution >= 4 is 35.0 Å². The fourth-order valence-electron chi connectivity index (χ4n) is 1.19. The molecule has 0 radical (unpaired) electrons. The average molecular weight is 312 g/mol. The monoisotopic (exact) mass is 311 g/mol. The van der Waals surface area contributed by atoms with Gasteiger partial charge in [0, 0.05) is 12.6 Å². The number of nitrogens with zero attached hydrogens (tertiary/aromatic N) is 1. The van der Waals surface area contributed by atoms with E-state index in [0.29, 0.717) is 16.8 Å². The molecule has 1 heterocycles. The Hall–Kier alpha value is -0.320. The van der Waals surface area contributed by atoms with Gasteiger partial charge in [0.15, 0.2) is 0 Å². The highest BCUT2D eigenvalue weighted by molar-refractivity contribution is 8.03. The summed E-state index contributed by atoms with van der Waals surface area (Å²) in [5.41, 5.74) is 0. The molecule has 18 heavy (non-hydrogen) atoms. The van der Waals surface area contributed by atoms with Crippen LogP contribution >= 0.6 is 35.0 Å². The van der Waals surface area contributed by atoms with Gasteiger partial charge in [0.1, 0.15) is 0 Å². The van der Waals surface area contributed by atoms with Gasteiger partial charge in [-0.2, -0.15) is 0 Å². The van der Waals surface area contributed by atoms with Crippen LogP contribution in [-0.4, -0.2) is 14.6 Å². The first kappa shape index (κ1) is 15.7. The van der Waals surface area contributed by atoms with E-state index in [1.54, 1.807) is 37.3 Å². The second-order valence-corrected chi connectivity index (χ2v) is 6.61. The SMILES string of the molecule is C/C=C/CCC(F)(F)C(Cl)(Cl)Sc1ccccn1. The van der Waals surface area contributed by atoms with Crippen LogP contribution in [0.5, 0.6) is 0 Å². The number of rotatable bonds is 6. The van der Waals surface area contributed by atoms with Crippen LogP contribution in [0.2, 0.25) is 0 Å². The first-order valence-electron chi connectivity index (χ1n) is 5.36. The summed E-state index contributed by atoms with van der Waals surface area (Å²) in [6.07, 6.45) is 4.71. The van der Waals surface area contributed by atoms with E-state index in [0.717, 1.165) is 0 Å². The maximum atomic E-state index is 13.9.